The van der Waals surface area contributed by atoms with E-state index in [9.17, 15) is 4.21 Å². The molecule has 0 amide bonds. The lowest BCUT2D eigenvalue weighted by atomic mass is 10.5. The van der Waals surface area contributed by atoms with Gasteiger partial charge in [-0.1, -0.05) is 0 Å². The molecule has 0 fully saturated rings. The maximum atomic E-state index is 9.99. The van der Waals surface area contributed by atoms with Gasteiger partial charge in [0.15, 0.2) is 0 Å². The third-order valence-electron chi connectivity index (χ3n) is 0.779. The van der Waals surface area contributed by atoms with Gasteiger partial charge in [-0.3, -0.25) is 4.55 Å². The van der Waals surface area contributed by atoms with Crippen LogP contribution in [-0.4, -0.2) is 28.0 Å². The molecular formula is C5H13NO3S. The third kappa shape index (κ3) is 8.03. The van der Waals surface area contributed by atoms with E-state index in [0.29, 0.717) is 13.2 Å². The summed E-state index contributed by atoms with van der Waals surface area (Å²) in [6.45, 7) is 4.69. The van der Waals surface area contributed by atoms with Gasteiger partial charge in [0, 0.05) is 6.54 Å². The molecule has 0 radical (unpaired) electrons. The van der Waals surface area contributed by atoms with Crippen molar-refractivity contribution >= 4 is 11.3 Å². The highest BCUT2D eigenvalue weighted by Crippen LogP contribution is 1.84. The SMILES string of the molecule is CC(C)OCCNS(=O)O. The average Bonchev–Trinajstić information content (AvgIpc) is 1.79. The zero-order valence-corrected chi connectivity index (χ0v) is 6.98. The first-order valence-electron chi connectivity index (χ1n) is 3.09. The monoisotopic (exact) mass is 167 g/mol. The first-order chi connectivity index (χ1) is 4.63. The minimum atomic E-state index is -1.91. The molecule has 4 nitrogen and oxygen atoms in total. The number of hydrogen-bond acceptors (Lipinski definition) is 2. The third-order valence-corrected chi connectivity index (χ3v) is 1.23. The van der Waals surface area contributed by atoms with Crippen LogP contribution in [0.2, 0.25) is 0 Å². The molecule has 1 unspecified atom stereocenters. The van der Waals surface area contributed by atoms with E-state index >= 15 is 0 Å². The maximum Gasteiger partial charge on any atom is 0.231 e. The fourth-order valence-electron chi connectivity index (χ4n) is 0.424. The lowest BCUT2D eigenvalue weighted by molar-refractivity contribution is 0.0833. The molecule has 0 aromatic heterocycles. The van der Waals surface area contributed by atoms with Crippen molar-refractivity contribution in [2.45, 2.75) is 20.0 Å². The summed E-state index contributed by atoms with van der Waals surface area (Å²) in [6, 6.07) is 0. The number of nitrogens with one attached hydrogen (secondary N) is 1. The molecule has 62 valence electrons. The second kappa shape index (κ2) is 5.79. The highest BCUT2D eigenvalue weighted by Gasteiger charge is 1.93. The van der Waals surface area contributed by atoms with E-state index in [0.717, 1.165) is 0 Å². The van der Waals surface area contributed by atoms with Crippen molar-refractivity contribution < 1.29 is 13.5 Å². The molecule has 0 saturated carbocycles. The Kier molecular flexibility index (Phi) is 5.81. The molecule has 0 saturated heterocycles. The van der Waals surface area contributed by atoms with E-state index in [1.807, 2.05) is 13.8 Å². The smallest absolute Gasteiger partial charge is 0.231 e. The van der Waals surface area contributed by atoms with Crippen LogP contribution in [0.5, 0.6) is 0 Å². The molecule has 0 aliphatic rings. The molecule has 1 atom stereocenters. The van der Waals surface area contributed by atoms with Gasteiger partial charge in [0.1, 0.15) is 0 Å². The summed E-state index contributed by atoms with van der Waals surface area (Å²) in [4.78, 5) is 0. The van der Waals surface area contributed by atoms with Crippen molar-refractivity contribution in [3.8, 4) is 0 Å². The summed E-state index contributed by atoms with van der Waals surface area (Å²) < 4.78 is 25.6. The van der Waals surface area contributed by atoms with Gasteiger partial charge in [0.25, 0.3) is 0 Å². The van der Waals surface area contributed by atoms with Crippen LogP contribution in [0.25, 0.3) is 0 Å². The van der Waals surface area contributed by atoms with E-state index in [-0.39, 0.29) is 6.10 Å². The van der Waals surface area contributed by atoms with Gasteiger partial charge in [0.05, 0.1) is 12.7 Å². The average molecular weight is 167 g/mol. The lowest BCUT2D eigenvalue weighted by Gasteiger charge is -2.05. The van der Waals surface area contributed by atoms with Crippen LogP contribution < -0.4 is 4.72 Å². The Bertz CT molecular complexity index is 107. The van der Waals surface area contributed by atoms with E-state index in [1.165, 1.54) is 0 Å². The molecular weight excluding hydrogens is 154 g/mol. The molecule has 2 N–H and O–H groups in total. The van der Waals surface area contributed by atoms with Crippen LogP contribution in [0.3, 0.4) is 0 Å². The van der Waals surface area contributed by atoms with E-state index in [1.54, 1.807) is 0 Å². The Morgan fingerprint density at radius 3 is 2.70 bits per heavy atom. The zero-order chi connectivity index (χ0) is 7.98. The zero-order valence-electron chi connectivity index (χ0n) is 6.16. The first-order valence-corrected chi connectivity index (χ1v) is 4.19. The van der Waals surface area contributed by atoms with Crippen LogP contribution in [0.15, 0.2) is 0 Å². The summed E-state index contributed by atoms with van der Waals surface area (Å²) in [6.07, 6.45) is 0.175. The molecule has 0 aromatic carbocycles. The van der Waals surface area contributed by atoms with Crippen LogP contribution in [0.4, 0.5) is 0 Å². The van der Waals surface area contributed by atoms with Gasteiger partial charge in [-0.25, -0.2) is 8.93 Å². The Balaban J connectivity index is 2.98. The van der Waals surface area contributed by atoms with Gasteiger partial charge >= 0.3 is 0 Å². The van der Waals surface area contributed by atoms with Gasteiger partial charge in [-0.15, -0.1) is 0 Å². The Morgan fingerprint density at radius 1 is 1.70 bits per heavy atom. The highest BCUT2D eigenvalue weighted by atomic mass is 32.2. The molecule has 0 aliphatic carbocycles. The van der Waals surface area contributed by atoms with Gasteiger partial charge < -0.3 is 4.74 Å². The summed E-state index contributed by atoms with van der Waals surface area (Å²) in [5, 5.41) is 0. The first kappa shape index (κ1) is 10.0. The second-order valence-electron chi connectivity index (χ2n) is 2.06. The molecule has 0 spiro atoms. The van der Waals surface area contributed by atoms with Crippen molar-refractivity contribution in [2.75, 3.05) is 13.2 Å². The van der Waals surface area contributed by atoms with Crippen LogP contribution in [-0.2, 0) is 16.0 Å². The predicted molar refractivity (Wildman–Crippen MR) is 39.9 cm³/mol. The van der Waals surface area contributed by atoms with E-state index < -0.39 is 11.3 Å². The summed E-state index contributed by atoms with van der Waals surface area (Å²) in [7, 11) is 0. The summed E-state index contributed by atoms with van der Waals surface area (Å²) in [5.41, 5.74) is 0. The molecule has 0 aliphatic heterocycles. The van der Waals surface area contributed by atoms with Crippen molar-refractivity contribution in [2.24, 2.45) is 0 Å². The van der Waals surface area contributed by atoms with Gasteiger partial charge in [-0.2, -0.15) is 0 Å². The van der Waals surface area contributed by atoms with Crippen LogP contribution in [0.1, 0.15) is 13.8 Å². The molecule has 10 heavy (non-hydrogen) atoms. The summed E-state index contributed by atoms with van der Waals surface area (Å²) in [5.74, 6) is 0. The molecule has 0 heterocycles. The van der Waals surface area contributed by atoms with Crippen molar-refractivity contribution in [1.82, 2.24) is 4.72 Å². The summed E-state index contributed by atoms with van der Waals surface area (Å²) >= 11 is -1.91. The quantitative estimate of drug-likeness (QED) is 0.452. The van der Waals surface area contributed by atoms with Crippen molar-refractivity contribution in [3.63, 3.8) is 0 Å². The van der Waals surface area contributed by atoms with Crippen molar-refractivity contribution in [1.29, 1.82) is 0 Å². The topological polar surface area (TPSA) is 58.6 Å². The maximum absolute atomic E-state index is 9.99. The normalized spacial score (nSPS) is 14.0. The second-order valence-corrected chi connectivity index (χ2v) is 2.85. The molecule has 0 rings (SSSR count). The number of rotatable bonds is 5. The Hall–Kier alpha value is 0.0300. The minimum absolute atomic E-state index is 0.175. The van der Waals surface area contributed by atoms with Crippen molar-refractivity contribution in [3.05, 3.63) is 0 Å². The lowest BCUT2D eigenvalue weighted by Crippen LogP contribution is -2.22. The number of ether oxygens (including phenoxy) is 1. The number of hydrogen-bond donors (Lipinski definition) is 2. The fourth-order valence-corrected chi connectivity index (χ4v) is 0.682. The molecule has 0 bridgehead atoms. The minimum Gasteiger partial charge on any atom is -0.377 e. The predicted octanol–water partition coefficient (Wildman–Crippen LogP) is 0.138. The van der Waals surface area contributed by atoms with Crippen LogP contribution in [0, 0.1) is 0 Å². The molecule has 0 aromatic rings. The van der Waals surface area contributed by atoms with E-state index in [4.69, 9.17) is 9.29 Å². The van der Waals surface area contributed by atoms with Gasteiger partial charge in [-0.05, 0) is 13.8 Å². The Morgan fingerprint density at radius 2 is 2.30 bits per heavy atom. The Labute approximate surface area is 63.4 Å². The standard InChI is InChI=1S/C5H13NO3S/c1-5(2)9-4-3-6-10(7)8/h5-6H,3-4H2,1-2H3,(H,7,8). The van der Waals surface area contributed by atoms with Gasteiger partial charge in [0.2, 0.25) is 11.3 Å². The van der Waals surface area contributed by atoms with Crippen LogP contribution >= 0.6 is 0 Å². The highest BCUT2D eigenvalue weighted by molar-refractivity contribution is 7.77. The fraction of sp³-hybridized carbons (Fsp3) is 1.00. The molecule has 5 heteroatoms. The van der Waals surface area contributed by atoms with E-state index in [2.05, 4.69) is 4.72 Å². The largest absolute Gasteiger partial charge is 0.377 e.